The molecule has 3 rings (SSSR count). The topological polar surface area (TPSA) is 49.4 Å². The molecule has 3 aromatic carbocycles. The van der Waals surface area contributed by atoms with Crippen molar-refractivity contribution in [3.05, 3.63) is 104 Å². The van der Waals surface area contributed by atoms with E-state index in [2.05, 4.69) is 21.2 Å². The maximum atomic E-state index is 13.6. The highest BCUT2D eigenvalue weighted by Crippen LogP contribution is 2.23. The van der Waals surface area contributed by atoms with Crippen LogP contribution < -0.4 is 5.32 Å². The van der Waals surface area contributed by atoms with E-state index in [0.29, 0.717) is 35.1 Å². The van der Waals surface area contributed by atoms with Crippen molar-refractivity contribution in [2.75, 3.05) is 6.54 Å². The van der Waals surface area contributed by atoms with Crippen LogP contribution in [0.4, 0.5) is 0 Å². The van der Waals surface area contributed by atoms with Crippen molar-refractivity contribution in [3.63, 3.8) is 0 Å². The van der Waals surface area contributed by atoms with E-state index in [1.54, 1.807) is 23.1 Å². The zero-order chi connectivity index (χ0) is 23.8. The minimum Gasteiger partial charge on any atom is -0.355 e. The molecule has 172 valence electrons. The number of nitrogens with one attached hydrogen (secondary N) is 1. The van der Waals surface area contributed by atoms with Crippen molar-refractivity contribution in [1.29, 1.82) is 0 Å². The van der Waals surface area contributed by atoms with E-state index >= 15 is 0 Å². The molecule has 33 heavy (non-hydrogen) atoms. The summed E-state index contributed by atoms with van der Waals surface area (Å²) < 4.78 is 0.946. The third-order valence-electron chi connectivity index (χ3n) is 5.25. The van der Waals surface area contributed by atoms with Crippen molar-refractivity contribution < 1.29 is 9.59 Å². The van der Waals surface area contributed by atoms with Crippen molar-refractivity contribution in [2.45, 2.75) is 32.4 Å². The molecule has 0 heterocycles. The van der Waals surface area contributed by atoms with Crippen LogP contribution in [0.2, 0.25) is 10.0 Å². The lowest BCUT2D eigenvalue weighted by atomic mass is 10.0. The summed E-state index contributed by atoms with van der Waals surface area (Å²) in [5, 5.41) is 3.83. The van der Waals surface area contributed by atoms with Crippen LogP contribution >= 0.6 is 39.1 Å². The minimum atomic E-state index is -0.672. The summed E-state index contributed by atoms with van der Waals surface area (Å²) in [5.74, 6) is -0.372. The van der Waals surface area contributed by atoms with Gasteiger partial charge in [-0.2, -0.15) is 0 Å². The minimum absolute atomic E-state index is 0.0667. The molecule has 0 saturated heterocycles. The molecule has 0 aromatic heterocycles. The first-order valence-corrected chi connectivity index (χ1v) is 12.2. The first kappa shape index (κ1) is 25.3. The molecule has 0 aliphatic rings. The normalized spacial score (nSPS) is 11.6. The molecule has 4 nitrogen and oxygen atoms in total. The molecule has 0 bridgehead atoms. The number of carbonyl (C=O) groups is 2. The molecule has 0 fully saturated rings. The van der Waals surface area contributed by atoms with Gasteiger partial charge in [-0.05, 0) is 47.9 Å². The summed E-state index contributed by atoms with van der Waals surface area (Å²) in [6, 6.07) is 21.8. The third-order valence-corrected chi connectivity index (χ3v) is 6.36. The summed E-state index contributed by atoms with van der Waals surface area (Å²) >= 11 is 15.8. The van der Waals surface area contributed by atoms with Gasteiger partial charge in [0.2, 0.25) is 11.8 Å². The Labute approximate surface area is 213 Å². The molecular weight excluding hydrogens is 523 g/mol. The van der Waals surface area contributed by atoms with Crippen LogP contribution in [0, 0.1) is 0 Å². The van der Waals surface area contributed by atoms with Gasteiger partial charge < -0.3 is 10.2 Å². The number of rotatable bonds is 9. The second kappa shape index (κ2) is 12.2. The van der Waals surface area contributed by atoms with Gasteiger partial charge in [-0.3, -0.25) is 9.59 Å². The van der Waals surface area contributed by atoms with Gasteiger partial charge in [0.15, 0.2) is 0 Å². The average Bonchev–Trinajstić information content (AvgIpc) is 2.80. The molecule has 3 aromatic rings. The predicted molar refractivity (Wildman–Crippen MR) is 137 cm³/mol. The largest absolute Gasteiger partial charge is 0.355 e. The zero-order valence-corrected chi connectivity index (χ0v) is 21.3. The number of amides is 2. The van der Waals surface area contributed by atoms with Gasteiger partial charge in [-0.1, -0.05) is 87.7 Å². The summed E-state index contributed by atoms with van der Waals surface area (Å²) in [6.45, 7) is 2.64. The molecule has 0 radical (unpaired) electrons. The summed E-state index contributed by atoms with van der Waals surface area (Å²) in [4.78, 5) is 28.4. The zero-order valence-electron chi connectivity index (χ0n) is 18.2. The quantitative estimate of drug-likeness (QED) is 0.353. The second-order valence-electron chi connectivity index (χ2n) is 7.66. The number of likely N-dealkylation sites (N-methyl/N-ethyl adjacent to an activating group) is 1. The molecule has 0 aliphatic heterocycles. The highest BCUT2D eigenvalue weighted by molar-refractivity contribution is 9.10. The van der Waals surface area contributed by atoms with Gasteiger partial charge in [-0.25, -0.2) is 0 Å². The molecular formula is C26H25BrCl2N2O2. The van der Waals surface area contributed by atoms with Gasteiger partial charge in [-0.15, -0.1) is 0 Å². The Kier molecular flexibility index (Phi) is 9.36. The Balaban J connectivity index is 1.96. The predicted octanol–water partition coefficient (Wildman–Crippen LogP) is 6.07. The van der Waals surface area contributed by atoms with Gasteiger partial charge in [0.1, 0.15) is 6.04 Å². The first-order chi connectivity index (χ1) is 15.9. The van der Waals surface area contributed by atoms with Gasteiger partial charge in [0, 0.05) is 34.0 Å². The van der Waals surface area contributed by atoms with Crippen LogP contribution in [-0.2, 0) is 29.0 Å². The van der Waals surface area contributed by atoms with E-state index < -0.39 is 6.04 Å². The SMILES string of the molecule is CCNC(=O)C(Cc1ccccc1)N(Cc1ccc(Br)cc1)C(=O)Cc1ccc(Cl)cc1Cl. The lowest BCUT2D eigenvalue weighted by molar-refractivity contribution is -0.140. The fourth-order valence-corrected chi connectivity index (χ4v) is 4.30. The van der Waals surface area contributed by atoms with E-state index in [1.165, 1.54) is 0 Å². The number of nitrogens with zero attached hydrogens (tertiary/aromatic N) is 1. The molecule has 1 N–H and O–H groups in total. The van der Waals surface area contributed by atoms with E-state index in [4.69, 9.17) is 23.2 Å². The van der Waals surface area contributed by atoms with Crippen molar-refractivity contribution in [3.8, 4) is 0 Å². The van der Waals surface area contributed by atoms with Crippen LogP contribution in [0.3, 0.4) is 0 Å². The molecule has 7 heteroatoms. The maximum absolute atomic E-state index is 13.6. The summed E-state index contributed by atoms with van der Waals surface area (Å²) in [6.07, 6.45) is 0.473. The third kappa shape index (κ3) is 7.32. The standard InChI is InChI=1S/C26H25BrCl2N2O2/c1-2-30-26(33)24(14-18-6-4-3-5-7-18)31(17-19-8-11-21(27)12-9-19)25(32)15-20-10-13-22(28)16-23(20)29/h3-13,16,24H,2,14-15,17H2,1H3,(H,30,33). The number of benzene rings is 3. The van der Waals surface area contributed by atoms with Crippen LogP contribution in [0.5, 0.6) is 0 Å². The van der Waals surface area contributed by atoms with Gasteiger partial charge in [0.05, 0.1) is 6.42 Å². The molecule has 0 aliphatic carbocycles. The Morgan fingerprint density at radius 3 is 2.30 bits per heavy atom. The fraction of sp³-hybridized carbons (Fsp3) is 0.231. The molecule has 1 unspecified atom stereocenters. The maximum Gasteiger partial charge on any atom is 0.243 e. The van der Waals surface area contributed by atoms with Crippen LogP contribution in [0.15, 0.2) is 77.3 Å². The van der Waals surface area contributed by atoms with Crippen LogP contribution in [0.1, 0.15) is 23.6 Å². The molecule has 1 atom stereocenters. The second-order valence-corrected chi connectivity index (χ2v) is 9.42. The van der Waals surface area contributed by atoms with E-state index in [1.807, 2.05) is 61.5 Å². The number of halogens is 3. The Hall–Kier alpha value is -2.34. The Morgan fingerprint density at radius 2 is 1.67 bits per heavy atom. The smallest absolute Gasteiger partial charge is 0.243 e. The number of hydrogen-bond acceptors (Lipinski definition) is 2. The highest BCUT2D eigenvalue weighted by Gasteiger charge is 2.30. The number of carbonyl (C=O) groups excluding carboxylic acids is 2. The van der Waals surface area contributed by atoms with Crippen molar-refractivity contribution in [2.24, 2.45) is 0 Å². The molecule has 0 saturated carbocycles. The van der Waals surface area contributed by atoms with Gasteiger partial charge >= 0.3 is 0 Å². The van der Waals surface area contributed by atoms with Crippen molar-refractivity contribution >= 4 is 50.9 Å². The summed E-state index contributed by atoms with van der Waals surface area (Å²) in [5.41, 5.74) is 2.57. The monoisotopic (exact) mass is 546 g/mol. The Bertz CT molecular complexity index is 1090. The fourth-order valence-electron chi connectivity index (χ4n) is 3.56. The lowest BCUT2D eigenvalue weighted by Crippen LogP contribution is -2.51. The first-order valence-electron chi connectivity index (χ1n) is 10.7. The van der Waals surface area contributed by atoms with Gasteiger partial charge in [0.25, 0.3) is 0 Å². The van der Waals surface area contributed by atoms with Crippen LogP contribution in [-0.4, -0.2) is 29.3 Å². The van der Waals surface area contributed by atoms with E-state index in [-0.39, 0.29) is 18.2 Å². The average molecular weight is 548 g/mol. The lowest BCUT2D eigenvalue weighted by Gasteiger charge is -2.31. The highest BCUT2D eigenvalue weighted by atomic mass is 79.9. The van der Waals surface area contributed by atoms with E-state index in [9.17, 15) is 9.59 Å². The molecule has 0 spiro atoms. The van der Waals surface area contributed by atoms with Crippen molar-refractivity contribution in [1.82, 2.24) is 10.2 Å². The van der Waals surface area contributed by atoms with E-state index in [0.717, 1.165) is 15.6 Å². The van der Waals surface area contributed by atoms with Crippen LogP contribution in [0.25, 0.3) is 0 Å². The molecule has 2 amide bonds. The Morgan fingerprint density at radius 1 is 0.970 bits per heavy atom. The summed E-state index contributed by atoms with van der Waals surface area (Å²) in [7, 11) is 0. The number of hydrogen-bond donors (Lipinski definition) is 1.